The third-order valence-electron chi connectivity index (χ3n) is 6.34. The van der Waals surface area contributed by atoms with E-state index in [-0.39, 0.29) is 26.4 Å². The zero-order valence-corrected chi connectivity index (χ0v) is 20.4. The maximum absolute atomic E-state index is 10.2. The number of aliphatic hydroxyl groups is 4. The Balaban J connectivity index is 2.16. The maximum atomic E-state index is 10.2. The minimum atomic E-state index is -0.627. The third kappa shape index (κ3) is 5.02. The highest BCUT2D eigenvalue weighted by molar-refractivity contribution is 5.64. The van der Waals surface area contributed by atoms with E-state index in [1.807, 2.05) is 51.1 Å². The molecule has 0 unspecified atom stereocenters. The monoisotopic (exact) mass is 477 g/mol. The van der Waals surface area contributed by atoms with Gasteiger partial charge in [-0.25, -0.2) is 4.85 Å². The molecule has 184 valence electrons. The number of hydrogen-bond donors (Lipinski definition) is 4. The van der Waals surface area contributed by atoms with E-state index in [0.29, 0.717) is 45.2 Å². The molecule has 3 rings (SSSR count). The van der Waals surface area contributed by atoms with Crippen molar-refractivity contribution < 1.29 is 29.9 Å². The fourth-order valence-corrected chi connectivity index (χ4v) is 4.23. The maximum Gasteiger partial charge on any atom is 0.231 e. The second-order valence-electron chi connectivity index (χ2n) is 8.84. The lowest BCUT2D eigenvalue weighted by Gasteiger charge is -2.30. The van der Waals surface area contributed by atoms with Crippen LogP contribution in [-0.2, 0) is 31.8 Å². The minimum Gasteiger partial charge on any atom is -0.496 e. The summed E-state index contributed by atoms with van der Waals surface area (Å²) >= 11 is 0. The average Bonchev–Trinajstić information content (AvgIpc) is 2.87. The summed E-state index contributed by atoms with van der Waals surface area (Å²) in [5.41, 5.74) is 4.17. The highest BCUT2D eigenvalue weighted by atomic mass is 16.5. The second kappa shape index (κ2) is 10.9. The summed E-state index contributed by atoms with van der Waals surface area (Å²) in [4.78, 5) is 3.57. The van der Waals surface area contributed by atoms with Crippen LogP contribution in [-0.4, -0.2) is 27.5 Å². The topological polar surface area (TPSA) is 104 Å². The zero-order valence-electron chi connectivity index (χ0n) is 20.4. The quantitative estimate of drug-likeness (QED) is 0.335. The molecule has 0 saturated heterocycles. The first-order chi connectivity index (χ1) is 16.7. The fraction of sp³-hybridized carbons (Fsp3) is 0.321. The standard InChI is InChI=1S/C28H31NO6/c1-17-7-6-8-24(25(17)29-4)35-27-20(15-32)11-23(12-21(27)16-33)28(2,3)22-9-18(13-30)26(34-5)19(10-22)14-31/h6-12,30-33H,13-16H2,1-3,5H3. The first kappa shape index (κ1) is 26.2. The average molecular weight is 478 g/mol. The Bertz CT molecular complexity index is 1210. The van der Waals surface area contributed by atoms with Gasteiger partial charge in [-0.3, -0.25) is 0 Å². The first-order valence-corrected chi connectivity index (χ1v) is 11.2. The van der Waals surface area contributed by atoms with Gasteiger partial charge in [0.2, 0.25) is 5.69 Å². The van der Waals surface area contributed by atoms with Crippen LogP contribution >= 0.6 is 0 Å². The molecular formula is C28H31NO6. The number of benzene rings is 3. The van der Waals surface area contributed by atoms with Crippen molar-refractivity contribution in [2.75, 3.05) is 7.11 Å². The molecule has 0 heterocycles. The summed E-state index contributed by atoms with van der Waals surface area (Å²) in [6.45, 7) is 12.1. The normalized spacial score (nSPS) is 11.3. The molecule has 0 radical (unpaired) electrons. The Hall–Kier alpha value is -3.41. The Labute approximate surface area is 205 Å². The van der Waals surface area contributed by atoms with Gasteiger partial charge < -0.3 is 29.9 Å². The van der Waals surface area contributed by atoms with Crippen molar-refractivity contribution >= 4 is 5.69 Å². The third-order valence-corrected chi connectivity index (χ3v) is 6.34. The SMILES string of the molecule is [C-]#[N+]c1c(C)cccc1Oc1c(CO)cc(C(C)(C)c2cc(CO)c(OC)c(CO)c2)cc1CO. The van der Waals surface area contributed by atoms with Gasteiger partial charge in [-0.2, -0.15) is 0 Å². The highest BCUT2D eigenvalue weighted by Crippen LogP contribution is 2.42. The van der Waals surface area contributed by atoms with Crippen molar-refractivity contribution in [3.63, 3.8) is 0 Å². The zero-order chi connectivity index (χ0) is 25.8. The second-order valence-corrected chi connectivity index (χ2v) is 8.84. The lowest BCUT2D eigenvalue weighted by molar-refractivity contribution is 0.260. The molecule has 0 bridgehead atoms. The summed E-state index contributed by atoms with van der Waals surface area (Å²) < 4.78 is 11.5. The largest absolute Gasteiger partial charge is 0.496 e. The van der Waals surface area contributed by atoms with Crippen molar-refractivity contribution in [3.8, 4) is 17.2 Å². The Morgan fingerprint density at radius 1 is 0.800 bits per heavy atom. The molecule has 0 amide bonds. The molecule has 0 fully saturated rings. The van der Waals surface area contributed by atoms with Gasteiger partial charge in [-0.1, -0.05) is 26.0 Å². The van der Waals surface area contributed by atoms with Gasteiger partial charge in [-0.15, -0.1) is 0 Å². The highest BCUT2D eigenvalue weighted by Gasteiger charge is 2.28. The van der Waals surface area contributed by atoms with Crippen LogP contribution in [0.25, 0.3) is 4.85 Å². The molecule has 4 N–H and O–H groups in total. The Morgan fingerprint density at radius 3 is 1.66 bits per heavy atom. The Kier molecular flexibility index (Phi) is 8.15. The van der Waals surface area contributed by atoms with Crippen molar-refractivity contribution in [2.45, 2.75) is 52.6 Å². The smallest absolute Gasteiger partial charge is 0.231 e. The number of para-hydroxylation sites is 1. The van der Waals surface area contributed by atoms with E-state index in [0.717, 1.165) is 16.7 Å². The molecule has 0 aliphatic carbocycles. The minimum absolute atomic E-state index is 0.253. The van der Waals surface area contributed by atoms with Crippen molar-refractivity contribution in [3.05, 3.63) is 92.8 Å². The van der Waals surface area contributed by atoms with E-state index in [1.54, 1.807) is 12.1 Å². The van der Waals surface area contributed by atoms with Gasteiger partial charge in [0.15, 0.2) is 0 Å². The van der Waals surface area contributed by atoms with Crippen LogP contribution in [0.5, 0.6) is 17.2 Å². The van der Waals surface area contributed by atoms with Crippen molar-refractivity contribution in [2.24, 2.45) is 0 Å². The van der Waals surface area contributed by atoms with Crippen LogP contribution in [0.15, 0.2) is 42.5 Å². The molecule has 0 saturated carbocycles. The molecule has 7 nitrogen and oxygen atoms in total. The van der Waals surface area contributed by atoms with E-state index < -0.39 is 5.41 Å². The van der Waals surface area contributed by atoms with Crippen LogP contribution in [0.1, 0.15) is 52.8 Å². The van der Waals surface area contributed by atoms with Gasteiger partial charge >= 0.3 is 0 Å². The summed E-state index contributed by atoms with van der Waals surface area (Å²) in [6.07, 6.45) is 0. The van der Waals surface area contributed by atoms with Gasteiger partial charge in [0.05, 0.1) is 40.1 Å². The van der Waals surface area contributed by atoms with E-state index in [9.17, 15) is 20.4 Å². The van der Waals surface area contributed by atoms with Gasteiger partial charge in [-0.05, 0) is 53.9 Å². The van der Waals surface area contributed by atoms with E-state index >= 15 is 0 Å². The fourth-order valence-electron chi connectivity index (χ4n) is 4.23. The predicted molar refractivity (Wildman–Crippen MR) is 133 cm³/mol. The van der Waals surface area contributed by atoms with E-state index in [2.05, 4.69) is 4.85 Å². The molecule has 0 spiro atoms. The molecule has 35 heavy (non-hydrogen) atoms. The predicted octanol–water partition coefficient (Wildman–Crippen LogP) is 4.64. The van der Waals surface area contributed by atoms with Crippen LogP contribution in [0.3, 0.4) is 0 Å². The molecular weight excluding hydrogens is 446 g/mol. The summed E-state index contributed by atoms with van der Waals surface area (Å²) in [5.74, 6) is 1.11. The van der Waals surface area contributed by atoms with E-state index in [1.165, 1.54) is 7.11 Å². The number of ether oxygens (including phenoxy) is 2. The summed E-state index contributed by atoms with van der Waals surface area (Å²) in [5, 5.41) is 40.1. The number of hydrogen-bond acceptors (Lipinski definition) is 6. The van der Waals surface area contributed by atoms with Crippen molar-refractivity contribution in [1.29, 1.82) is 0 Å². The van der Waals surface area contributed by atoms with Crippen LogP contribution in [0.2, 0.25) is 0 Å². The Morgan fingerprint density at radius 2 is 1.26 bits per heavy atom. The van der Waals surface area contributed by atoms with Gasteiger partial charge in [0.25, 0.3) is 0 Å². The molecule has 7 heteroatoms. The van der Waals surface area contributed by atoms with Crippen LogP contribution in [0.4, 0.5) is 5.69 Å². The first-order valence-electron chi connectivity index (χ1n) is 11.2. The van der Waals surface area contributed by atoms with Crippen molar-refractivity contribution in [1.82, 2.24) is 0 Å². The van der Waals surface area contributed by atoms with E-state index in [4.69, 9.17) is 16.0 Å². The number of aryl methyl sites for hydroxylation is 1. The van der Waals surface area contributed by atoms with Crippen LogP contribution < -0.4 is 9.47 Å². The molecule has 0 atom stereocenters. The lowest BCUT2D eigenvalue weighted by Crippen LogP contribution is -2.21. The molecule has 3 aromatic carbocycles. The number of aliphatic hydroxyl groups excluding tert-OH is 4. The molecule has 0 aromatic heterocycles. The number of nitrogens with zero attached hydrogens (tertiary/aromatic N) is 1. The molecule has 0 aliphatic heterocycles. The number of rotatable bonds is 9. The van der Waals surface area contributed by atoms with Gasteiger partial charge in [0, 0.05) is 27.7 Å². The molecule has 0 aliphatic rings. The number of methoxy groups -OCH3 is 1. The summed E-state index contributed by atoms with van der Waals surface area (Å²) in [6, 6.07) is 12.6. The lowest BCUT2D eigenvalue weighted by atomic mass is 9.76. The molecule has 3 aromatic rings. The van der Waals surface area contributed by atoms with Crippen LogP contribution in [0, 0.1) is 13.5 Å². The summed E-state index contributed by atoms with van der Waals surface area (Å²) in [7, 11) is 1.49. The van der Waals surface area contributed by atoms with Gasteiger partial charge in [0.1, 0.15) is 17.2 Å².